The summed E-state index contributed by atoms with van der Waals surface area (Å²) in [6.45, 7) is 4.12. The summed E-state index contributed by atoms with van der Waals surface area (Å²) in [6, 6.07) is 7.13. The molecule has 0 aliphatic carbocycles. The highest BCUT2D eigenvalue weighted by atomic mass is 16.5. The normalized spacial score (nSPS) is 10.8. The van der Waals surface area contributed by atoms with Crippen molar-refractivity contribution in [2.24, 2.45) is 0 Å². The Balaban J connectivity index is 1.85. The van der Waals surface area contributed by atoms with Crippen molar-refractivity contribution < 1.29 is 9.53 Å². The molecule has 8 heteroatoms. The third-order valence-electron chi connectivity index (χ3n) is 4.31. The minimum atomic E-state index is -0.288. The van der Waals surface area contributed by atoms with Crippen molar-refractivity contribution >= 4 is 5.91 Å². The summed E-state index contributed by atoms with van der Waals surface area (Å²) >= 11 is 0. The van der Waals surface area contributed by atoms with Crippen molar-refractivity contribution in [2.75, 3.05) is 20.3 Å². The van der Waals surface area contributed by atoms with Crippen LogP contribution in [0.15, 0.2) is 53.8 Å². The van der Waals surface area contributed by atoms with Crippen LogP contribution in [0, 0.1) is 0 Å². The first-order valence-corrected chi connectivity index (χ1v) is 9.05. The van der Waals surface area contributed by atoms with E-state index in [1.165, 1.54) is 6.20 Å². The Bertz CT molecular complexity index is 995. The second-order valence-electron chi connectivity index (χ2n) is 6.31. The van der Waals surface area contributed by atoms with Crippen LogP contribution in [-0.4, -0.2) is 50.8 Å². The summed E-state index contributed by atoms with van der Waals surface area (Å²) in [7, 11) is 1.61. The molecule has 2 heterocycles. The van der Waals surface area contributed by atoms with Gasteiger partial charge in [-0.25, -0.2) is 0 Å². The Labute approximate surface area is 162 Å². The number of hydrogen-bond acceptors (Lipinski definition) is 5. The number of aryl methyl sites for hydroxylation is 1. The van der Waals surface area contributed by atoms with Gasteiger partial charge in [-0.15, -0.1) is 0 Å². The molecule has 2 aromatic heterocycles. The highest BCUT2D eigenvalue weighted by Crippen LogP contribution is 2.18. The second kappa shape index (κ2) is 9.09. The molecule has 3 aromatic rings. The molecule has 146 valence electrons. The van der Waals surface area contributed by atoms with E-state index in [1.807, 2.05) is 23.9 Å². The maximum Gasteiger partial charge on any atom is 0.266 e. The molecule has 0 aliphatic rings. The summed E-state index contributed by atoms with van der Waals surface area (Å²) in [5.41, 5.74) is 2.49. The molecule has 0 saturated carbocycles. The Morgan fingerprint density at radius 2 is 2.14 bits per heavy atom. The highest BCUT2D eigenvalue weighted by Gasteiger charge is 2.17. The average Bonchev–Trinajstić information content (AvgIpc) is 3.18. The molecule has 0 bridgehead atoms. The van der Waals surface area contributed by atoms with Crippen molar-refractivity contribution in [3.63, 3.8) is 0 Å². The zero-order valence-electron chi connectivity index (χ0n) is 16.0. The summed E-state index contributed by atoms with van der Waals surface area (Å²) in [5, 5.41) is 4.27. The number of nitrogens with one attached hydrogen (secondary N) is 1. The predicted molar refractivity (Wildman–Crippen MR) is 105 cm³/mol. The summed E-state index contributed by atoms with van der Waals surface area (Å²) < 4.78 is 6.99. The molecule has 28 heavy (non-hydrogen) atoms. The first-order valence-electron chi connectivity index (χ1n) is 9.05. The van der Waals surface area contributed by atoms with E-state index in [0.717, 1.165) is 17.7 Å². The van der Waals surface area contributed by atoms with Crippen LogP contribution in [0.3, 0.4) is 0 Å². The van der Waals surface area contributed by atoms with Crippen molar-refractivity contribution in [3.8, 4) is 11.3 Å². The van der Waals surface area contributed by atoms with Gasteiger partial charge in [0.2, 0.25) is 0 Å². The molecule has 0 aliphatic heterocycles. The van der Waals surface area contributed by atoms with E-state index in [4.69, 9.17) is 4.74 Å². The van der Waals surface area contributed by atoms with E-state index in [9.17, 15) is 9.59 Å². The second-order valence-corrected chi connectivity index (χ2v) is 6.31. The Hall–Kier alpha value is -3.26. The molecule has 0 spiro atoms. The molecule has 8 nitrogen and oxygen atoms in total. The molecule has 0 radical (unpaired) electrons. The van der Waals surface area contributed by atoms with Gasteiger partial charge in [-0.1, -0.05) is 12.1 Å². The lowest BCUT2D eigenvalue weighted by molar-refractivity contribution is 0.0680. The number of nitrogens with zero attached hydrogens (tertiary/aromatic N) is 4. The van der Waals surface area contributed by atoms with E-state index in [2.05, 4.69) is 15.1 Å². The van der Waals surface area contributed by atoms with E-state index in [0.29, 0.717) is 31.0 Å². The molecule has 0 fully saturated rings. The molecule has 0 atom stereocenters. The van der Waals surface area contributed by atoms with Gasteiger partial charge >= 0.3 is 0 Å². The van der Waals surface area contributed by atoms with Crippen molar-refractivity contribution in [2.45, 2.75) is 20.0 Å². The van der Waals surface area contributed by atoms with Crippen LogP contribution >= 0.6 is 0 Å². The molecule has 0 saturated heterocycles. The minimum absolute atomic E-state index is 0.116. The van der Waals surface area contributed by atoms with Crippen LogP contribution in [0.2, 0.25) is 0 Å². The fourth-order valence-electron chi connectivity index (χ4n) is 2.86. The van der Waals surface area contributed by atoms with Crippen LogP contribution in [-0.2, 0) is 17.8 Å². The lowest BCUT2D eigenvalue weighted by atomic mass is 10.1. The molecule has 0 unspecified atom stereocenters. The monoisotopic (exact) mass is 381 g/mol. The molecule has 1 N–H and O–H groups in total. The quantitative estimate of drug-likeness (QED) is 0.644. The maximum absolute atomic E-state index is 13.1. The highest BCUT2D eigenvalue weighted by molar-refractivity contribution is 5.95. The standard InChI is InChI=1S/C20H23N5O3/c1-3-25-14-15(10-22-25)13-24(7-8-28-2)20(27)17-6-4-5-16(9-17)18-11-21-12-19(26)23-18/h4-6,9-12,14H,3,7-8,13H2,1-2H3,(H,23,26). The van der Waals surface area contributed by atoms with Gasteiger partial charge in [0.1, 0.15) is 0 Å². The molecular weight excluding hydrogens is 358 g/mol. The smallest absolute Gasteiger partial charge is 0.266 e. The Morgan fingerprint density at radius 3 is 2.86 bits per heavy atom. The molecular formula is C20H23N5O3. The maximum atomic E-state index is 13.1. The zero-order valence-corrected chi connectivity index (χ0v) is 16.0. The van der Waals surface area contributed by atoms with Gasteiger partial charge in [0.25, 0.3) is 11.5 Å². The van der Waals surface area contributed by atoms with Crippen LogP contribution in [0.4, 0.5) is 0 Å². The van der Waals surface area contributed by atoms with E-state index >= 15 is 0 Å². The number of carbonyl (C=O) groups is 1. The Morgan fingerprint density at radius 1 is 1.29 bits per heavy atom. The number of carbonyl (C=O) groups excluding carboxylic acids is 1. The summed E-state index contributed by atoms with van der Waals surface area (Å²) in [4.78, 5) is 33.0. The van der Waals surface area contributed by atoms with E-state index in [-0.39, 0.29) is 11.5 Å². The number of amides is 1. The Kier molecular flexibility index (Phi) is 6.33. The number of hydrogen-bond donors (Lipinski definition) is 1. The average molecular weight is 381 g/mol. The lowest BCUT2D eigenvalue weighted by Gasteiger charge is -2.22. The lowest BCUT2D eigenvalue weighted by Crippen LogP contribution is -2.33. The summed E-state index contributed by atoms with van der Waals surface area (Å²) in [6.07, 6.45) is 6.48. The van der Waals surface area contributed by atoms with E-state index in [1.54, 1.807) is 42.6 Å². The topological polar surface area (TPSA) is 93.1 Å². The van der Waals surface area contributed by atoms with Gasteiger partial charge in [-0.05, 0) is 19.1 Å². The number of H-pyrrole nitrogens is 1. The fourth-order valence-corrected chi connectivity index (χ4v) is 2.86. The SMILES string of the molecule is CCn1cc(CN(CCOC)C(=O)c2cccc(-c3cncc(=O)[nH]3)c2)cn1. The van der Waals surface area contributed by atoms with Crippen LogP contribution in [0.1, 0.15) is 22.8 Å². The number of methoxy groups -OCH3 is 1. The van der Waals surface area contributed by atoms with Crippen molar-refractivity contribution in [3.05, 3.63) is 70.5 Å². The van der Waals surface area contributed by atoms with E-state index < -0.39 is 0 Å². The number of aromatic amines is 1. The fraction of sp³-hybridized carbons (Fsp3) is 0.300. The first-order chi connectivity index (χ1) is 13.6. The summed E-state index contributed by atoms with van der Waals surface area (Å²) in [5.74, 6) is -0.116. The largest absolute Gasteiger partial charge is 0.383 e. The predicted octanol–water partition coefficient (Wildman–Crippen LogP) is 1.94. The minimum Gasteiger partial charge on any atom is -0.383 e. The third-order valence-corrected chi connectivity index (χ3v) is 4.31. The number of aromatic nitrogens is 4. The van der Waals surface area contributed by atoms with Gasteiger partial charge < -0.3 is 14.6 Å². The first kappa shape index (κ1) is 19.5. The number of rotatable bonds is 8. The van der Waals surface area contributed by atoms with Crippen molar-refractivity contribution in [1.29, 1.82) is 0 Å². The van der Waals surface area contributed by atoms with Crippen molar-refractivity contribution in [1.82, 2.24) is 24.6 Å². The zero-order chi connectivity index (χ0) is 19.9. The molecule has 3 rings (SSSR count). The van der Waals surface area contributed by atoms with Crippen LogP contribution in [0.25, 0.3) is 11.3 Å². The van der Waals surface area contributed by atoms with Gasteiger partial charge in [-0.2, -0.15) is 5.10 Å². The third kappa shape index (κ3) is 4.72. The number of benzene rings is 1. The molecule has 1 amide bonds. The van der Waals surface area contributed by atoms with Crippen LogP contribution in [0.5, 0.6) is 0 Å². The van der Waals surface area contributed by atoms with Gasteiger partial charge in [0.15, 0.2) is 0 Å². The molecule has 1 aromatic carbocycles. The van der Waals surface area contributed by atoms with Crippen LogP contribution < -0.4 is 5.56 Å². The van der Waals surface area contributed by atoms with Gasteiger partial charge in [-0.3, -0.25) is 19.3 Å². The van der Waals surface area contributed by atoms with Gasteiger partial charge in [0, 0.05) is 49.6 Å². The number of ether oxygens (including phenoxy) is 1. The van der Waals surface area contributed by atoms with Gasteiger partial charge in [0.05, 0.1) is 30.9 Å².